The largest absolute Gasteiger partial charge is 0.456 e. The molecule has 0 spiro atoms. The van der Waals surface area contributed by atoms with E-state index in [1.807, 2.05) is 52.2 Å². The SMILES string of the molecule is c1ccc(-c2ccc(-n3c4cc(-c5ccc6oc7c(c6c5)c5c6ccccc6sc5c5c6ccc(-c8ccc9oc%10c(c9c8)c8c9ccccc9sc8c8c9ccccc9n(-c9ccc(-c%11nc(-c%12ccccc%12)c%12ccccc%12n%11)cc9)c%108)cc6n(-c6ccc8oc9ccccc9c8c6)c75)ccc4c4c5sc6ccccc6c5c5c6ccccc6oc5c43)cc2)cc1. The standard InChI is InChI=1S/C116H61N5O4S3/c1-3-21-62(22-4-1)63-39-47-71(48-40-63)120-87-59-68(43-52-76(87)104-108(120)110-97(78-28-10-17-35-90(78)123-110)100-79-29-11-18-36-94(79)126-113(100)104)66-45-55-93-84(57-66)99-102-81-31-13-20-38-96(81)128-115(102)105-77-53-44-69(60-88(77)121(109(105)112(99)125-93)72-51-56-91-82(61-72)73-25-9-16-34-89(73)122-91)67-46-54-92-83(58-67)98-101-80-30-12-19-37-95(80)127-114(101)103-75-27-8-15-33-86(75)119(107(103)111(98)124-92)70-49-41-65(42-50-70)116-117-85-32-14-7-26-74(85)106(118-116)64-23-5-2-6-24-64/h1-61H. The smallest absolute Gasteiger partial charge is 0.160 e. The number of nitrogens with zero attached hydrogens (tertiary/aromatic N) is 5. The first kappa shape index (κ1) is 69.2. The van der Waals surface area contributed by atoms with E-state index in [-0.39, 0.29) is 0 Å². The number of rotatable bonds is 8. The van der Waals surface area contributed by atoms with Crippen LogP contribution in [0, 0.1) is 0 Å². The molecule has 11 heterocycles. The molecule has 0 atom stereocenters. The Labute approximate surface area is 737 Å². The number of fused-ring (bicyclic) bond motifs is 40. The third kappa shape index (κ3) is 9.50. The molecule has 0 aliphatic carbocycles. The van der Waals surface area contributed by atoms with E-state index in [2.05, 4.69) is 366 Å². The Hall–Kier alpha value is -16.2. The molecule has 0 unspecified atom stereocenters. The van der Waals surface area contributed by atoms with Crippen LogP contribution in [-0.2, 0) is 0 Å². The second-order valence-corrected chi connectivity index (χ2v) is 37.1. The fourth-order valence-corrected chi connectivity index (χ4v) is 25.4. The Morgan fingerprint density at radius 2 is 0.570 bits per heavy atom. The highest BCUT2D eigenvalue weighted by atomic mass is 32.1. The molecule has 0 N–H and O–H groups in total. The van der Waals surface area contributed by atoms with Crippen molar-refractivity contribution in [1.29, 1.82) is 0 Å². The van der Waals surface area contributed by atoms with Gasteiger partial charge in [-0.05, 0) is 167 Å². The second-order valence-electron chi connectivity index (χ2n) is 33.9. The van der Waals surface area contributed by atoms with E-state index in [0.717, 1.165) is 215 Å². The number of benzene rings is 19. The van der Waals surface area contributed by atoms with Crippen molar-refractivity contribution in [3.05, 3.63) is 370 Å². The third-order valence-corrected chi connectivity index (χ3v) is 30.8. The van der Waals surface area contributed by atoms with Crippen molar-refractivity contribution in [2.24, 2.45) is 0 Å². The van der Waals surface area contributed by atoms with Gasteiger partial charge in [-0.3, -0.25) is 0 Å². The minimum atomic E-state index is 0.672. The molecule has 592 valence electrons. The fourth-order valence-electron chi connectivity index (χ4n) is 21.6. The minimum absolute atomic E-state index is 0.672. The molecule has 0 amide bonds. The molecule has 12 heteroatoms. The number of hydrogen-bond acceptors (Lipinski definition) is 9. The summed E-state index contributed by atoms with van der Waals surface area (Å²) in [6.07, 6.45) is 0. The molecular formula is C116H61N5O4S3. The van der Waals surface area contributed by atoms with Gasteiger partial charge in [-0.25, -0.2) is 9.97 Å². The Morgan fingerprint density at radius 3 is 1.12 bits per heavy atom. The van der Waals surface area contributed by atoms with Crippen molar-refractivity contribution in [3.8, 4) is 73.1 Å². The molecule has 30 rings (SSSR count). The van der Waals surface area contributed by atoms with E-state index in [4.69, 9.17) is 27.6 Å². The lowest BCUT2D eigenvalue weighted by atomic mass is 9.97. The molecular weight excluding hydrogens is 1620 g/mol. The Kier molecular flexibility index (Phi) is 13.9. The van der Waals surface area contributed by atoms with Crippen molar-refractivity contribution in [3.63, 3.8) is 0 Å². The van der Waals surface area contributed by atoms with E-state index in [9.17, 15) is 0 Å². The van der Waals surface area contributed by atoms with Gasteiger partial charge >= 0.3 is 0 Å². The van der Waals surface area contributed by atoms with Crippen LogP contribution in [0.3, 0.4) is 0 Å². The number of aromatic nitrogens is 5. The average Bonchev–Trinajstić information content (AvgIpc) is 1.53. The number of para-hydroxylation sites is 4. The summed E-state index contributed by atoms with van der Waals surface area (Å²) in [7, 11) is 0. The van der Waals surface area contributed by atoms with Gasteiger partial charge in [0.25, 0.3) is 0 Å². The minimum Gasteiger partial charge on any atom is -0.456 e. The summed E-state index contributed by atoms with van der Waals surface area (Å²) in [5.41, 5.74) is 26.5. The van der Waals surface area contributed by atoms with Crippen LogP contribution in [0.4, 0.5) is 0 Å². The van der Waals surface area contributed by atoms with Gasteiger partial charge in [0.2, 0.25) is 0 Å². The molecule has 30 aromatic rings. The van der Waals surface area contributed by atoms with Crippen molar-refractivity contribution in [2.75, 3.05) is 0 Å². The highest BCUT2D eigenvalue weighted by Crippen LogP contribution is 2.57. The average molecular weight is 1680 g/mol. The van der Waals surface area contributed by atoms with Gasteiger partial charge < -0.3 is 31.4 Å². The maximum absolute atomic E-state index is 7.71. The lowest BCUT2D eigenvalue weighted by Crippen LogP contribution is -1.97. The van der Waals surface area contributed by atoms with Gasteiger partial charge in [-0.1, -0.05) is 237 Å². The monoisotopic (exact) mass is 1680 g/mol. The first-order chi connectivity index (χ1) is 63.5. The lowest BCUT2D eigenvalue weighted by Gasteiger charge is -2.11. The summed E-state index contributed by atoms with van der Waals surface area (Å²) < 4.78 is 43.8. The van der Waals surface area contributed by atoms with Crippen LogP contribution in [0.5, 0.6) is 0 Å². The first-order valence-electron chi connectivity index (χ1n) is 43.2. The summed E-state index contributed by atoms with van der Waals surface area (Å²) in [5, 5.41) is 23.8. The van der Waals surface area contributed by atoms with Crippen LogP contribution in [0.15, 0.2) is 388 Å². The van der Waals surface area contributed by atoms with Gasteiger partial charge in [-0.15, -0.1) is 34.0 Å². The van der Waals surface area contributed by atoms with E-state index in [1.165, 1.54) is 76.9 Å². The second kappa shape index (κ2) is 25.7. The Balaban J connectivity index is 0.637. The third-order valence-electron chi connectivity index (χ3n) is 27.2. The number of hydrogen-bond donors (Lipinski definition) is 0. The molecule has 0 bridgehead atoms. The molecule has 0 saturated carbocycles. The van der Waals surface area contributed by atoms with Crippen LogP contribution >= 0.6 is 34.0 Å². The highest BCUT2D eigenvalue weighted by Gasteiger charge is 2.32. The van der Waals surface area contributed by atoms with Crippen molar-refractivity contribution in [1.82, 2.24) is 23.7 Å². The number of furan rings is 4. The van der Waals surface area contributed by atoms with Crippen molar-refractivity contribution in [2.45, 2.75) is 0 Å². The highest BCUT2D eigenvalue weighted by molar-refractivity contribution is 7.28. The molecule has 0 aliphatic rings. The Morgan fingerprint density at radius 1 is 0.203 bits per heavy atom. The number of thiophene rings is 3. The predicted octanol–water partition coefficient (Wildman–Crippen LogP) is 34.0. The molecule has 19 aromatic carbocycles. The van der Waals surface area contributed by atoms with Crippen LogP contribution in [-0.4, -0.2) is 23.7 Å². The molecule has 128 heavy (non-hydrogen) atoms. The van der Waals surface area contributed by atoms with E-state index >= 15 is 0 Å². The fraction of sp³-hybridized carbons (Fsp3) is 0. The van der Waals surface area contributed by atoms with E-state index < -0.39 is 0 Å². The van der Waals surface area contributed by atoms with Gasteiger partial charge in [0.1, 0.15) is 27.9 Å². The summed E-state index contributed by atoms with van der Waals surface area (Å²) >= 11 is 5.60. The zero-order valence-corrected chi connectivity index (χ0v) is 70.3. The van der Waals surface area contributed by atoms with Crippen molar-refractivity contribution >= 4 is 259 Å². The summed E-state index contributed by atoms with van der Waals surface area (Å²) in [6.45, 7) is 0. The van der Waals surface area contributed by atoms with E-state index in [0.29, 0.717) is 5.82 Å². The predicted molar refractivity (Wildman–Crippen MR) is 538 cm³/mol. The molecule has 0 fully saturated rings. The van der Waals surface area contributed by atoms with Gasteiger partial charge in [-0.2, -0.15) is 0 Å². The van der Waals surface area contributed by atoms with Crippen LogP contribution in [0.1, 0.15) is 0 Å². The normalized spacial score (nSPS) is 12.5. The Bertz CT molecular complexity index is 10200. The quantitative estimate of drug-likeness (QED) is 0.150. The summed E-state index contributed by atoms with van der Waals surface area (Å²) in [4.78, 5) is 10.5. The zero-order valence-electron chi connectivity index (χ0n) is 67.8. The summed E-state index contributed by atoms with van der Waals surface area (Å²) in [5.74, 6) is 0.672. The summed E-state index contributed by atoms with van der Waals surface area (Å²) in [6, 6.07) is 134. The molecule has 0 radical (unpaired) electrons. The van der Waals surface area contributed by atoms with Gasteiger partial charge in [0.15, 0.2) is 22.6 Å². The van der Waals surface area contributed by atoms with Gasteiger partial charge in [0, 0.05) is 169 Å². The topological polar surface area (TPSA) is 93.1 Å². The van der Waals surface area contributed by atoms with Crippen LogP contribution < -0.4 is 0 Å². The first-order valence-corrected chi connectivity index (χ1v) is 45.7. The lowest BCUT2D eigenvalue weighted by molar-refractivity contribution is 0.668. The van der Waals surface area contributed by atoms with Crippen LogP contribution in [0.25, 0.3) is 298 Å². The molecule has 11 aromatic heterocycles. The maximum atomic E-state index is 7.71. The van der Waals surface area contributed by atoms with E-state index in [1.54, 1.807) is 0 Å². The maximum Gasteiger partial charge on any atom is 0.160 e. The molecule has 9 nitrogen and oxygen atoms in total. The zero-order chi connectivity index (χ0) is 83.0. The van der Waals surface area contributed by atoms with Crippen LogP contribution in [0.2, 0.25) is 0 Å². The molecule has 0 saturated heterocycles. The van der Waals surface area contributed by atoms with Crippen molar-refractivity contribution < 1.29 is 17.7 Å². The van der Waals surface area contributed by atoms with Gasteiger partial charge in [0.05, 0.1) is 44.3 Å². The molecule has 0 aliphatic heterocycles.